The molecule has 4 heteroatoms. The molecule has 2 aromatic rings. The molecule has 4 nitrogen and oxygen atoms in total. The van der Waals surface area contributed by atoms with Crippen molar-refractivity contribution in [2.24, 2.45) is 0 Å². The Labute approximate surface area is 80.2 Å². The van der Waals surface area contributed by atoms with Gasteiger partial charge in [-0.15, -0.1) is 0 Å². The Bertz CT molecular complexity index is 449. The number of carboxylic acid groups (broad SMARTS) is 1. The van der Waals surface area contributed by atoms with Gasteiger partial charge >= 0.3 is 5.97 Å². The number of rotatable bonds is 2. The molecule has 2 heterocycles. The van der Waals surface area contributed by atoms with Crippen molar-refractivity contribution in [1.82, 2.24) is 9.97 Å². The highest BCUT2D eigenvalue weighted by Crippen LogP contribution is 2.20. The van der Waals surface area contributed by atoms with Crippen molar-refractivity contribution >= 4 is 5.97 Å². The lowest BCUT2D eigenvalue weighted by Crippen LogP contribution is -1.99. The van der Waals surface area contributed by atoms with Gasteiger partial charge in [0.25, 0.3) is 0 Å². The van der Waals surface area contributed by atoms with Gasteiger partial charge in [-0.05, 0) is 18.2 Å². The monoisotopic (exact) mass is 188 g/mol. The van der Waals surface area contributed by atoms with Crippen molar-refractivity contribution in [1.29, 1.82) is 0 Å². The van der Waals surface area contributed by atoms with Gasteiger partial charge in [0.15, 0.2) is 0 Å². The van der Waals surface area contributed by atoms with Gasteiger partial charge in [0.1, 0.15) is 0 Å². The van der Waals surface area contributed by atoms with E-state index in [2.05, 4.69) is 9.97 Å². The number of aromatic amines is 1. The predicted molar refractivity (Wildman–Crippen MR) is 51.0 cm³/mol. The van der Waals surface area contributed by atoms with Crippen LogP contribution in [0.3, 0.4) is 0 Å². The van der Waals surface area contributed by atoms with Crippen molar-refractivity contribution in [3.63, 3.8) is 0 Å². The minimum Gasteiger partial charge on any atom is -0.478 e. The van der Waals surface area contributed by atoms with Crippen LogP contribution < -0.4 is 0 Å². The van der Waals surface area contributed by atoms with E-state index in [1.165, 1.54) is 18.5 Å². The number of aromatic carboxylic acids is 1. The molecule has 2 aromatic heterocycles. The van der Waals surface area contributed by atoms with E-state index in [0.29, 0.717) is 5.56 Å². The first-order valence-electron chi connectivity index (χ1n) is 4.10. The zero-order valence-electron chi connectivity index (χ0n) is 7.27. The molecule has 0 aliphatic rings. The van der Waals surface area contributed by atoms with Crippen molar-refractivity contribution < 1.29 is 9.90 Å². The van der Waals surface area contributed by atoms with E-state index in [0.717, 1.165) is 5.69 Å². The number of hydrogen-bond donors (Lipinski definition) is 2. The smallest absolute Gasteiger partial charge is 0.336 e. The second kappa shape index (κ2) is 3.33. The molecule has 0 fully saturated rings. The van der Waals surface area contributed by atoms with E-state index >= 15 is 0 Å². The van der Waals surface area contributed by atoms with Crippen LogP contribution in [0.1, 0.15) is 10.4 Å². The molecule has 0 unspecified atom stereocenters. The molecule has 0 radical (unpaired) electrons. The third kappa shape index (κ3) is 1.37. The molecule has 0 aliphatic carbocycles. The summed E-state index contributed by atoms with van der Waals surface area (Å²) < 4.78 is 0. The molecular weight excluding hydrogens is 180 g/mol. The van der Waals surface area contributed by atoms with Crippen LogP contribution in [-0.2, 0) is 0 Å². The summed E-state index contributed by atoms with van der Waals surface area (Å²) in [5.74, 6) is -0.947. The molecular formula is C10H8N2O2. The van der Waals surface area contributed by atoms with Gasteiger partial charge in [0, 0.05) is 29.8 Å². The second-order valence-electron chi connectivity index (χ2n) is 2.81. The number of nitrogens with one attached hydrogen (secondary N) is 1. The summed E-state index contributed by atoms with van der Waals surface area (Å²) in [5, 5.41) is 8.92. The molecule has 0 bridgehead atoms. The number of nitrogens with zero attached hydrogens (tertiary/aromatic N) is 1. The first-order chi connectivity index (χ1) is 6.79. The van der Waals surface area contributed by atoms with E-state index in [4.69, 9.17) is 5.11 Å². The normalized spacial score (nSPS) is 10.0. The van der Waals surface area contributed by atoms with E-state index < -0.39 is 5.97 Å². The fourth-order valence-corrected chi connectivity index (χ4v) is 1.29. The van der Waals surface area contributed by atoms with Crippen molar-refractivity contribution in [2.45, 2.75) is 0 Å². The fraction of sp³-hybridized carbons (Fsp3) is 0. The van der Waals surface area contributed by atoms with Crippen molar-refractivity contribution in [2.75, 3.05) is 0 Å². The van der Waals surface area contributed by atoms with Gasteiger partial charge in [0.2, 0.25) is 0 Å². The van der Waals surface area contributed by atoms with E-state index in [1.807, 2.05) is 12.1 Å². The summed E-state index contributed by atoms with van der Waals surface area (Å²) in [6.45, 7) is 0. The van der Waals surface area contributed by atoms with Gasteiger partial charge in [0.05, 0.1) is 5.56 Å². The number of pyridine rings is 1. The number of aromatic nitrogens is 2. The van der Waals surface area contributed by atoms with Crippen LogP contribution in [0.25, 0.3) is 11.3 Å². The third-order valence-electron chi connectivity index (χ3n) is 1.94. The van der Waals surface area contributed by atoms with E-state index in [-0.39, 0.29) is 5.56 Å². The van der Waals surface area contributed by atoms with Crippen molar-refractivity contribution in [3.8, 4) is 11.3 Å². The van der Waals surface area contributed by atoms with Gasteiger partial charge in [-0.2, -0.15) is 0 Å². The van der Waals surface area contributed by atoms with Crippen LogP contribution >= 0.6 is 0 Å². The van der Waals surface area contributed by atoms with E-state index in [9.17, 15) is 4.79 Å². The lowest BCUT2D eigenvalue weighted by Gasteiger charge is -2.01. The Balaban J connectivity index is 2.58. The summed E-state index contributed by atoms with van der Waals surface area (Å²) >= 11 is 0. The highest BCUT2D eigenvalue weighted by Gasteiger charge is 2.11. The topological polar surface area (TPSA) is 66.0 Å². The minimum absolute atomic E-state index is 0.252. The molecule has 0 aliphatic heterocycles. The maximum atomic E-state index is 10.9. The first kappa shape index (κ1) is 8.50. The summed E-state index contributed by atoms with van der Waals surface area (Å²) in [6, 6.07) is 5.11. The van der Waals surface area contributed by atoms with Crippen LogP contribution in [0, 0.1) is 0 Å². The Morgan fingerprint density at radius 1 is 1.43 bits per heavy atom. The number of hydrogen-bond acceptors (Lipinski definition) is 2. The van der Waals surface area contributed by atoms with Crippen LogP contribution in [0.2, 0.25) is 0 Å². The molecule has 0 atom stereocenters. The summed E-state index contributed by atoms with van der Waals surface area (Å²) in [7, 11) is 0. The second-order valence-corrected chi connectivity index (χ2v) is 2.81. The lowest BCUT2D eigenvalue weighted by molar-refractivity contribution is 0.0697. The van der Waals surface area contributed by atoms with Crippen molar-refractivity contribution in [3.05, 3.63) is 42.4 Å². The van der Waals surface area contributed by atoms with Gasteiger partial charge in [-0.3, -0.25) is 4.98 Å². The van der Waals surface area contributed by atoms with Crippen LogP contribution in [0.4, 0.5) is 0 Å². The molecule has 0 aromatic carbocycles. The largest absolute Gasteiger partial charge is 0.478 e. The maximum Gasteiger partial charge on any atom is 0.336 e. The number of H-pyrrole nitrogens is 1. The average Bonchev–Trinajstić information content (AvgIpc) is 2.70. The van der Waals surface area contributed by atoms with Crippen LogP contribution in [-0.4, -0.2) is 21.0 Å². The van der Waals surface area contributed by atoms with Gasteiger partial charge in [-0.25, -0.2) is 4.79 Å². The highest BCUT2D eigenvalue weighted by atomic mass is 16.4. The molecule has 70 valence electrons. The van der Waals surface area contributed by atoms with Gasteiger partial charge in [-0.1, -0.05) is 0 Å². The summed E-state index contributed by atoms with van der Waals surface area (Å²) in [5.41, 5.74) is 1.61. The third-order valence-corrected chi connectivity index (χ3v) is 1.94. The lowest BCUT2D eigenvalue weighted by atomic mass is 10.1. The summed E-state index contributed by atoms with van der Waals surface area (Å²) in [6.07, 6.45) is 4.75. The number of carboxylic acids is 1. The Morgan fingerprint density at radius 3 is 2.93 bits per heavy atom. The molecule has 0 amide bonds. The molecule has 2 rings (SSSR count). The average molecular weight is 188 g/mol. The molecule has 0 saturated heterocycles. The first-order valence-corrected chi connectivity index (χ1v) is 4.10. The van der Waals surface area contributed by atoms with Crippen LogP contribution in [0.15, 0.2) is 36.8 Å². The summed E-state index contributed by atoms with van der Waals surface area (Å²) in [4.78, 5) is 17.7. The molecule has 2 N–H and O–H groups in total. The molecule has 0 saturated carbocycles. The fourth-order valence-electron chi connectivity index (χ4n) is 1.29. The molecule has 14 heavy (non-hydrogen) atoms. The zero-order valence-corrected chi connectivity index (χ0v) is 7.27. The Hall–Kier alpha value is -2.10. The predicted octanol–water partition coefficient (Wildman–Crippen LogP) is 1.77. The van der Waals surface area contributed by atoms with Crippen LogP contribution in [0.5, 0.6) is 0 Å². The minimum atomic E-state index is -0.947. The standard InChI is InChI=1S/C10H8N2O2/c13-10(14)7-3-5-11-6-8(7)9-2-1-4-12-9/h1-6,12H,(H,13,14). The molecule has 0 spiro atoms. The number of carbonyl (C=O) groups is 1. The SMILES string of the molecule is O=C(O)c1ccncc1-c1ccc[nH]1. The Morgan fingerprint density at radius 2 is 2.29 bits per heavy atom. The highest BCUT2D eigenvalue weighted by molar-refractivity contribution is 5.95. The Kier molecular flexibility index (Phi) is 2.02. The van der Waals surface area contributed by atoms with Gasteiger partial charge < -0.3 is 10.1 Å². The maximum absolute atomic E-state index is 10.9. The quantitative estimate of drug-likeness (QED) is 0.754. The zero-order chi connectivity index (χ0) is 9.97. The van der Waals surface area contributed by atoms with E-state index in [1.54, 1.807) is 6.20 Å².